The van der Waals surface area contributed by atoms with Crippen LogP contribution in [0, 0.1) is 13.8 Å². The molecule has 0 unspecified atom stereocenters. The van der Waals surface area contributed by atoms with Crippen LogP contribution >= 0.6 is 11.6 Å². The Bertz CT molecular complexity index is 2550. The summed E-state index contributed by atoms with van der Waals surface area (Å²) in [5.41, 5.74) is 7.89. The number of aryl methyl sites for hydroxylation is 4. The van der Waals surface area contributed by atoms with Gasteiger partial charge in [-0.25, -0.2) is 4.79 Å². The smallest absolute Gasteiger partial charge is 0.335 e. The molecule has 1 atom stereocenters. The number of amides is 1. The van der Waals surface area contributed by atoms with E-state index in [0.29, 0.717) is 42.4 Å². The second-order valence-corrected chi connectivity index (χ2v) is 13.9. The molecular formula is C41H38ClN5O4. The highest BCUT2D eigenvalue weighted by Crippen LogP contribution is 2.45. The highest BCUT2D eigenvalue weighted by atomic mass is 35.5. The molecule has 51 heavy (non-hydrogen) atoms. The van der Waals surface area contributed by atoms with Crippen LogP contribution in [0.15, 0.2) is 79.0 Å². The van der Waals surface area contributed by atoms with Gasteiger partial charge in [0.05, 0.1) is 34.1 Å². The zero-order valence-electron chi connectivity index (χ0n) is 29.2. The minimum absolute atomic E-state index is 0.131. The van der Waals surface area contributed by atoms with Crippen molar-refractivity contribution in [3.05, 3.63) is 112 Å². The number of carboxylic acid groups (broad SMARTS) is 1. The number of carbonyl (C=O) groups excluding carboxylic acids is 1. The number of ether oxygens (including phenoxy) is 1. The van der Waals surface area contributed by atoms with Gasteiger partial charge < -0.3 is 23.9 Å². The van der Waals surface area contributed by atoms with Gasteiger partial charge in [-0.3, -0.25) is 9.48 Å². The molecule has 7 aromatic rings. The minimum atomic E-state index is -1.01. The number of hydrogen-bond donors (Lipinski definition) is 1. The number of carbonyl (C=O) groups is 2. The average molecular weight is 700 g/mol. The molecule has 1 aliphatic rings. The normalized spacial score (nSPS) is 14.6. The van der Waals surface area contributed by atoms with E-state index in [0.717, 1.165) is 66.4 Å². The number of benzene rings is 4. The van der Waals surface area contributed by atoms with Gasteiger partial charge in [0.15, 0.2) is 0 Å². The van der Waals surface area contributed by atoms with Crippen molar-refractivity contribution in [3.63, 3.8) is 0 Å². The molecule has 4 heterocycles. The lowest BCUT2D eigenvalue weighted by molar-refractivity contribution is 0.0696. The van der Waals surface area contributed by atoms with Crippen LogP contribution in [0.2, 0.25) is 5.02 Å². The van der Waals surface area contributed by atoms with Gasteiger partial charge in [-0.2, -0.15) is 5.10 Å². The van der Waals surface area contributed by atoms with Gasteiger partial charge >= 0.3 is 5.97 Å². The Balaban J connectivity index is 1.27. The van der Waals surface area contributed by atoms with E-state index < -0.39 is 5.97 Å². The molecule has 0 fully saturated rings. The van der Waals surface area contributed by atoms with E-state index >= 15 is 0 Å². The van der Waals surface area contributed by atoms with Gasteiger partial charge in [0.1, 0.15) is 11.4 Å². The van der Waals surface area contributed by atoms with Crippen molar-refractivity contribution in [3.8, 4) is 16.9 Å². The Morgan fingerprint density at radius 2 is 1.76 bits per heavy atom. The second-order valence-electron chi connectivity index (χ2n) is 13.5. The van der Waals surface area contributed by atoms with Crippen LogP contribution < -0.4 is 9.64 Å². The summed E-state index contributed by atoms with van der Waals surface area (Å²) in [4.78, 5) is 28.8. The summed E-state index contributed by atoms with van der Waals surface area (Å²) in [5, 5.41) is 19.0. The van der Waals surface area contributed by atoms with Gasteiger partial charge in [0, 0.05) is 71.4 Å². The average Bonchev–Trinajstić information content (AvgIpc) is 3.72. The van der Waals surface area contributed by atoms with Crippen molar-refractivity contribution in [1.29, 1.82) is 0 Å². The third-order valence-corrected chi connectivity index (χ3v) is 10.7. The summed E-state index contributed by atoms with van der Waals surface area (Å²) in [6.07, 6.45) is 3.19. The molecule has 0 radical (unpaired) electrons. The van der Waals surface area contributed by atoms with Crippen molar-refractivity contribution >= 4 is 61.7 Å². The molecule has 9 nitrogen and oxygen atoms in total. The van der Waals surface area contributed by atoms with E-state index in [-0.39, 0.29) is 17.5 Å². The summed E-state index contributed by atoms with van der Waals surface area (Å²) in [5.74, 6) is -0.311. The predicted molar refractivity (Wildman–Crippen MR) is 203 cm³/mol. The standard InChI is InChI=1S/C41H38ClN5O4/c1-23-21-46(34-22-44(4)33-18-15-27(41(49)50)20-31(33)34)40(48)39-29(13-9-19-51-35-14-8-11-26-10-6-7-12-28(26)35)30-16-17-32(42)37(38(30)47(23)39)36-24(2)43-45(5)25(36)3/h6-8,10-12,14-18,20,22-23H,9,13,19,21H2,1-5H3,(H,49,50)/t23-/m1/s1. The molecular weight excluding hydrogens is 662 g/mol. The number of anilines is 1. The Hall–Kier alpha value is -5.54. The third kappa shape index (κ3) is 5.17. The molecule has 0 bridgehead atoms. The topological polar surface area (TPSA) is 94.5 Å². The van der Waals surface area contributed by atoms with Crippen LogP contribution in [0.3, 0.4) is 0 Å². The van der Waals surface area contributed by atoms with E-state index in [1.165, 1.54) is 0 Å². The summed E-state index contributed by atoms with van der Waals surface area (Å²) in [6, 6.07) is 23.1. The van der Waals surface area contributed by atoms with Crippen molar-refractivity contribution in [2.75, 3.05) is 18.1 Å². The monoisotopic (exact) mass is 699 g/mol. The van der Waals surface area contributed by atoms with Gasteiger partial charge in [-0.05, 0) is 74.9 Å². The Morgan fingerprint density at radius 1 is 0.980 bits per heavy atom. The largest absolute Gasteiger partial charge is 0.493 e. The van der Waals surface area contributed by atoms with Crippen LogP contribution in [0.5, 0.6) is 5.75 Å². The Kier molecular flexibility index (Phi) is 7.91. The zero-order chi connectivity index (χ0) is 35.7. The first kappa shape index (κ1) is 32.7. The fraction of sp³-hybridized carbons (Fsp3) is 0.244. The minimum Gasteiger partial charge on any atom is -0.493 e. The molecule has 1 N–H and O–H groups in total. The molecule has 3 aromatic heterocycles. The van der Waals surface area contributed by atoms with Crippen molar-refractivity contribution in [1.82, 2.24) is 18.9 Å². The second kappa shape index (κ2) is 12.3. The molecule has 0 saturated heterocycles. The highest BCUT2D eigenvalue weighted by molar-refractivity contribution is 6.35. The summed E-state index contributed by atoms with van der Waals surface area (Å²) >= 11 is 7.09. The quantitative estimate of drug-likeness (QED) is 0.160. The maximum Gasteiger partial charge on any atom is 0.335 e. The Morgan fingerprint density at radius 3 is 2.53 bits per heavy atom. The molecule has 10 heteroatoms. The van der Waals surface area contributed by atoms with Crippen LogP contribution in [-0.2, 0) is 20.5 Å². The molecule has 258 valence electrons. The van der Waals surface area contributed by atoms with Gasteiger partial charge in [0.25, 0.3) is 5.91 Å². The van der Waals surface area contributed by atoms with Crippen molar-refractivity contribution in [2.24, 2.45) is 14.1 Å². The fourth-order valence-corrected chi connectivity index (χ4v) is 8.23. The van der Waals surface area contributed by atoms with Gasteiger partial charge in [-0.1, -0.05) is 54.1 Å². The number of halogens is 1. The first-order valence-electron chi connectivity index (χ1n) is 17.2. The highest BCUT2D eigenvalue weighted by Gasteiger charge is 2.37. The number of rotatable bonds is 8. The van der Waals surface area contributed by atoms with Crippen molar-refractivity contribution < 1.29 is 19.4 Å². The fourth-order valence-electron chi connectivity index (χ4n) is 7.98. The maximum absolute atomic E-state index is 15.0. The van der Waals surface area contributed by atoms with E-state index in [1.807, 2.05) is 84.7 Å². The molecule has 1 aliphatic heterocycles. The molecule has 4 aromatic carbocycles. The Labute approximate surface area is 300 Å². The molecule has 0 spiro atoms. The molecule has 1 amide bonds. The summed E-state index contributed by atoms with van der Waals surface area (Å²) < 4.78 is 12.3. The van der Waals surface area contributed by atoms with E-state index in [9.17, 15) is 14.7 Å². The van der Waals surface area contributed by atoms with Gasteiger partial charge in [0.2, 0.25) is 0 Å². The number of aromatic nitrogens is 4. The maximum atomic E-state index is 15.0. The lowest BCUT2D eigenvalue weighted by Gasteiger charge is -2.34. The first-order valence-corrected chi connectivity index (χ1v) is 17.5. The van der Waals surface area contributed by atoms with Crippen LogP contribution in [-0.4, -0.2) is 49.0 Å². The SMILES string of the molecule is Cc1nn(C)c(C)c1-c1c(Cl)ccc2c(CCCOc3cccc4ccccc34)c3n(c12)[C@H](C)CN(c1cn(C)c2ccc(C(=O)O)cc12)C3=O. The lowest BCUT2D eigenvalue weighted by atomic mass is 9.98. The number of carboxylic acids is 1. The number of aromatic carboxylic acids is 1. The van der Waals surface area contributed by atoms with E-state index in [2.05, 4.69) is 29.7 Å². The predicted octanol–water partition coefficient (Wildman–Crippen LogP) is 8.89. The zero-order valence-corrected chi connectivity index (χ0v) is 30.0. The van der Waals surface area contributed by atoms with E-state index in [1.54, 1.807) is 18.2 Å². The van der Waals surface area contributed by atoms with Crippen LogP contribution in [0.1, 0.15) is 57.2 Å². The lowest BCUT2D eigenvalue weighted by Crippen LogP contribution is -2.42. The van der Waals surface area contributed by atoms with Crippen molar-refractivity contribution in [2.45, 2.75) is 39.7 Å². The number of fused-ring (bicyclic) bond motifs is 5. The van der Waals surface area contributed by atoms with Gasteiger partial charge in [-0.15, -0.1) is 0 Å². The van der Waals surface area contributed by atoms with Crippen LogP contribution in [0.25, 0.3) is 43.7 Å². The van der Waals surface area contributed by atoms with E-state index in [4.69, 9.17) is 21.4 Å². The molecule has 0 saturated carbocycles. The summed E-state index contributed by atoms with van der Waals surface area (Å²) in [6.45, 7) is 7.02. The molecule has 8 rings (SSSR count). The number of nitrogens with zero attached hydrogens (tertiary/aromatic N) is 5. The first-order chi connectivity index (χ1) is 24.5. The third-order valence-electron chi connectivity index (χ3n) is 10.4. The molecule has 0 aliphatic carbocycles. The van der Waals surface area contributed by atoms with Crippen LogP contribution in [0.4, 0.5) is 5.69 Å². The summed E-state index contributed by atoms with van der Waals surface area (Å²) in [7, 11) is 3.84. The number of hydrogen-bond acceptors (Lipinski definition) is 4.